The van der Waals surface area contributed by atoms with Crippen molar-refractivity contribution in [3.05, 3.63) is 27.1 Å². The lowest BCUT2D eigenvalue weighted by Crippen LogP contribution is -2.15. The molecule has 0 radical (unpaired) electrons. The zero-order valence-corrected chi connectivity index (χ0v) is 11.4. The van der Waals surface area contributed by atoms with Gasteiger partial charge in [-0.1, -0.05) is 15.9 Å². The molecule has 80 valence electrons. The molecule has 0 spiro atoms. The highest BCUT2D eigenvalue weighted by molar-refractivity contribution is 9.11. The molecule has 1 rings (SSSR count). The van der Waals surface area contributed by atoms with Crippen molar-refractivity contribution in [3.63, 3.8) is 0 Å². The standard InChI is InChI=1S/C8H6Br2N2O2S/c9-6-1-2-8(7(10)5-6)12-15(13,14)4-3-11/h1-2,5,12H,4H2. The molecule has 0 atom stereocenters. The van der Waals surface area contributed by atoms with Crippen LogP contribution in [0.3, 0.4) is 0 Å². The Morgan fingerprint density at radius 1 is 1.40 bits per heavy atom. The van der Waals surface area contributed by atoms with Crippen LogP contribution in [-0.2, 0) is 10.0 Å². The van der Waals surface area contributed by atoms with Crippen LogP contribution in [0.2, 0.25) is 0 Å². The van der Waals surface area contributed by atoms with E-state index in [0.29, 0.717) is 10.2 Å². The number of hydrogen-bond acceptors (Lipinski definition) is 3. The van der Waals surface area contributed by atoms with Crippen molar-refractivity contribution < 1.29 is 8.42 Å². The van der Waals surface area contributed by atoms with E-state index >= 15 is 0 Å². The molecule has 0 heterocycles. The molecule has 1 N–H and O–H groups in total. The summed E-state index contributed by atoms with van der Waals surface area (Å²) in [5.41, 5.74) is 0.411. The Balaban J connectivity index is 2.96. The van der Waals surface area contributed by atoms with Crippen molar-refractivity contribution in [2.75, 3.05) is 10.5 Å². The van der Waals surface area contributed by atoms with Gasteiger partial charge in [0.05, 0.1) is 11.8 Å². The lowest BCUT2D eigenvalue weighted by Gasteiger charge is -2.07. The average Bonchev–Trinajstić information content (AvgIpc) is 2.09. The lowest BCUT2D eigenvalue weighted by molar-refractivity contribution is 0.604. The summed E-state index contributed by atoms with van der Waals surface area (Å²) in [6.45, 7) is 0. The maximum Gasteiger partial charge on any atom is 0.246 e. The van der Waals surface area contributed by atoms with Crippen molar-refractivity contribution in [2.45, 2.75) is 0 Å². The topological polar surface area (TPSA) is 70.0 Å². The molecule has 0 saturated carbocycles. The first-order chi connectivity index (χ1) is 6.94. The third-order valence-electron chi connectivity index (χ3n) is 1.45. The molecule has 0 aromatic heterocycles. The summed E-state index contributed by atoms with van der Waals surface area (Å²) in [5.74, 6) is -0.560. The fraction of sp³-hybridized carbons (Fsp3) is 0.125. The smallest absolute Gasteiger partial charge is 0.246 e. The van der Waals surface area contributed by atoms with Crippen LogP contribution >= 0.6 is 31.9 Å². The molecule has 7 heteroatoms. The van der Waals surface area contributed by atoms with Gasteiger partial charge in [-0.25, -0.2) is 8.42 Å². The minimum absolute atomic E-state index is 0.411. The minimum atomic E-state index is -3.58. The van der Waals surface area contributed by atoms with E-state index in [2.05, 4.69) is 36.6 Å². The van der Waals surface area contributed by atoms with Gasteiger partial charge in [0.15, 0.2) is 5.75 Å². The Hall–Kier alpha value is -0.580. The normalized spacial score (nSPS) is 10.7. The summed E-state index contributed by atoms with van der Waals surface area (Å²) in [6.07, 6.45) is 0. The summed E-state index contributed by atoms with van der Waals surface area (Å²) >= 11 is 6.46. The van der Waals surface area contributed by atoms with Gasteiger partial charge in [0.1, 0.15) is 0 Å². The lowest BCUT2D eigenvalue weighted by atomic mass is 10.3. The van der Waals surface area contributed by atoms with Crippen molar-refractivity contribution in [1.82, 2.24) is 0 Å². The van der Waals surface area contributed by atoms with E-state index in [1.807, 2.05) is 0 Å². The highest BCUT2D eigenvalue weighted by atomic mass is 79.9. The summed E-state index contributed by atoms with van der Waals surface area (Å²) < 4.78 is 26.3. The second-order valence-corrected chi connectivity index (χ2v) is 6.14. The number of nitrogens with one attached hydrogen (secondary N) is 1. The summed E-state index contributed by atoms with van der Waals surface area (Å²) in [4.78, 5) is 0. The fourth-order valence-corrected chi connectivity index (χ4v) is 2.89. The van der Waals surface area contributed by atoms with Gasteiger partial charge in [-0.2, -0.15) is 5.26 Å². The summed E-state index contributed by atoms with van der Waals surface area (Å²) in [5, 5.41) is 8.30. The molecule has 15 heavy (non-hydrogen) atoms. The van der Waals surface area contributed by atoms with Crippen LogP contribution in [0.4, 0.5) is 5.69 Å². The molecule has 1 aromatic carbocycles. The van der Waals surface area contributed by atoms with E-state index in [-0.39, 0.29) is 0 Å². The van der Waals surface area contributed by atoms with E-state index in [1.165, 1.54) is 0 Å². The average molecular weight is 354 g/mol. The van der Waals surface area contributed by atoms with Crippen molar-refractivity contribution in [1.29, 1.82) is 5.26 Å². The van der Waals surface area contributed by atoms with Gasteiger partial charge in [-0.3, -0.25) is 4.72 Å². The van der Waals surface area contributed by atoms with Gasteiger partial charge < -0.3 is 0 Å². The Morgan fingerprint density at radius 2 is 2.07 bits per heavy atom. The largest absolute Gasteiger partial charge is 0.282 e. The SMILES string of the molecule is N#CCS(=O)(=O)Nc1ccc(Br)cc1Br. The number of sulfonamides is 1. The van der Waals surface area contributed by atoms with Crippen LogP contribution in [-0.4, -0.2) is 14.2 Å². The Labute approximate surface area is 105 Å². The monoisotopic (exact) mass is 352 g/mol. The van der Waals surface area contributed by atoms with E-state index in [9.17, 15) is 8.42 Å². The number of hydrogen-bond donors (Lipinski definition) is 1. The first kappa shape index (κ1) is 12.5. The molecule has 0 bridgehead atoms. The third kappa shape index (κ3) is 3.81. The quantitative estimate of drug-likeness (QED) is 0.907. The van der Waals surface area contributed by atoms with Crippen LogP contribution < -0.4 is 4.72 Å². The molecule has 0 aliphatic carbocycles. The van der Waals surface area contributed by atoms with Gasteiger partial charge in [-0.15, -0.1) is 0 Å². The molecule has 4 nitrogen and oxygen atoms in total. The van der Waals surface area contributed by atoms with Gasteiger partial charge in [-0.05, 0) is 34.1 Å². The molecule has 0 aliphatic rings. The number of benzene rings is 1. The zero-order chi connectivity index (χ0) is 11.5. The molecule has 1 aromatic rings. The highest BCUT2D eigenvalue weighted by Gasteiger charge is 2.11. The van der Waals surface area contributed by atoms with E-state index in [4.69, 9.17) is 5.26 Å². The highest BCUT2D eigenvalue weighted by Crippen LogP contribution is 2.26. The number of halogens is 2. The van der Waals surface area contributed by atoms with E-state index in [1.54, 1.807) is 24.3 Å². The maximum absolute atomic E-state index is 11.3. The van der Waals surface area contributed by atoms with E-state index in [0.717, 1.165) is 4.47 Å². The zero-order valence-electron chi connectivity index (χ0n) is 7.37. The molecule has 0 unspecified atom stereocenters. The first-order valence-corrected chi connectivity index (χ1v) is 7.01. The van der Waals surface area contributed by atoms with Crippen LogP contribution in [0.15, 0.2) is 27.1 Å². The Morgan fingerprint density at radius 3 is 2.60 bits per heavy atom. The molecule has 0 amide bonds. The second-order valence-electron chi connectivity index (χ2n) is 2.64. The molecule has 0 saturated heterocycles. The Bertz CT molecular complexity index is 508. The molecule has 0 fully saturated rings. The number of nitrogens with zero attached hydrogens (tertiary/aromatic N) is 1. The summed E-state index contributed by atoms with van der Waals surface area (Å²) in [7, 11) is -3.58. The molecular formula is C8H6Br2N2O2S. The van der Waals surface area contributed by atoms with Gasteiger partial charge in [0, 0.05) is 8.95 Å². The van der Waals surface area contributed by atoms with Gasteiger partial charge in [0.2, 0.25) is 10.0 Å². The predicted octanol–water partition coefficient (Wildman–Crippen LogP) is 2.48. The van der Waals surface area contributed by atoms with Crippen LogP contribution in [0.1, 0.15) is 0 Å². The van der Waals surface area contributed by atoms with Gasteiger partial charge >= 0.3 is 0 Å². The third-order valence-corrected chi connectivity index (χ3v) is 3.64. The van der Waals surface area contributed by atoms with Crippen LogP contribution in [0, 0.1) is 11.3 Å². The second kappa shape index (κ2) is 4.96. The summed E-state index contributed by atoms with van der Waals surface area (Å²) in [6, 6.07) is 6.60. The van der Waals surface area contributed by atoms with E-state index < -0.39 is 15.8 Å². The van der Waals surface area contributed by atoms with Crippen molar-refractivity contribution in [3.8, 4) is 6.07 Å². The number of nitriles is 1. The van der Waals surface area contributed by atoms with Crippen LogP contribution in [0.5, 0.6) is 0 Å². The number of anilines is 1. The fourth-order valence-electron chi connectivity index (χ4n) is 0.861. The Kier molecular flexibility index (Phi) is 4.13. The van der Waals surface area contributed by atoms with Gasteiger partial charge in [0.25, 0.3) is 0 Å². The predicted molar refractivity (Wildman–Crippen MR) is 64.9 cm³/mol. The minimum Gasteiger partial charge on any atom is -0.282 e. The van der Waals surface area contributed by atoms with Crippen molar-refractivity contribution >= 4 is 47.6 Å². The van der Waals surface area contributed by atoms with Crippen LogP contribution in [0.25, 0.3) is 0 Å². The first-order valence-electron chi connectivity index (χ1n) is 3.77. The molecule has 0 aliphatic heterocycles. The number of rotatable bonds is 3. The maximum atomic E-state index is 11.3. The molecular weight excluding hydrogens is 348 g/mol. The van der Waals surface area contributed by atoms with Crippen molar-refractivity contribution in [2.24, 2.45) is 0 Å².